The van der Waals surface area contributed by atoms with Gasteiger partial charge >= 0.3 is 0 Å². The Balaban J connectivity index is 1.82. The topological polar surface area (TPSA) is 38.1 Å². The molecule has 0 N–H and O–H groups in total. The summed E-state index contributed by atoms with van der Waals surface area (Å²) in [5.74, 6) is 0.661. The number of carbonyl (C=O) groups is 1. The van der Waals surface area contributed by atoms with Gasteiger partial charge in [0, 0.05) is 25.5 Å². The van der Waals surface area contributed by atoms with Gasteiger partial charge in [0.05, 0.1) is 10.9 Å². The Hall–Kier alpha value is -1.75. The molecule has 128 valence electrons. The van der Waals surface area contributed by atoms with Crippen molar-refractivity contribution in [1.29, 1.82) is 0 Å². The molecule has 1 amide bonds. The van der Waals surface area contributed by atoms with Crippen molar-refractivity contribution in [1.82, 2.24) is 14.5 Å². The summed E-state index contributed by atoms with van der Waals surface area (Å²) in [6, 6.07) is 8.40. The van der Waals surface area contributed by atoms with E-state index in [0.717, 1.165) is 36.8 Å². The number of benzene rings is 1. The third-order valence-corrected chi connectivity index (χ3v) is 5.54. The third kappa shape index (κ3) is 3.51. The zero-order valence-corrected chi connectivity index (χ0v) is 15.4. The molecule has 2 heterocycles. The highest BCUT2D eigenvalue weighted by Gasteiger charge is 2.25. The number of imidazole rings is 1. The summed E-state index contributed by atoms with van der Waals surface area (Å²) in [6.45, 7) is 8.17. The maximum atomic E-state index is 12.6. The molecule has 1 aromatic heterocycles. The Morgan fingerprint density at radius 1 is 1.17 bits per heavy atom. The van der Waals surface area contributed by atoms with E-state index in [0.29, 0.717) is 5.92 Å². The maximum Gasteiger partial charge on any atom is 0.235 e. The second kappa shape index (κ2) is 7.43. The molecule has 0 aliphatic carbocycles. The van der Waals surface area contributed by atoms with E-state index in [-0.39, 0.29) is 11.2 Å². The van der Waals surface area contributed by atoms with Gasteiger partial charge in [0.1, 0.15) is 0 Å². The molecule has 1 fully saturated rings. The highest BCUT2D eigenvalue weighted by Crippen LogP contribution is 2.30. The Morgan fingerprint density at radius 3 is 2.58 bits per heavy atom. The number of nitrogens with zero attached hydrogens (tertiary/aromatic N) is 3. The molecule has 1 unspecified atom stereocenters. The number of thioether (sulfide) groups is 1. The van der Waals surface area contributed by atoms with Crippen LogP contribution in [0.15, 0.2) is 41.8 Å². The van der Waals surface area contributed by atoms with Crippen LogP contribution in [0.5, 0.6) is 0 Å². The Morgan fingerprint density at radius 2 is 1.88 bits per heavy atom. The fraction of sp³-hybridized carbons (Fsp3) is 0.474. The van der Waals surface area contributed by atoms with E-state index in [9.17, 15) is 4.79 Å². The van der Waals surface area contributed by atoms with E-state index >= 15 is 0 Å². The SMILES string of the molecule is CC(Sc1nccn1-c1ccccc1C(C)C)C(=O)N1CCCC1. The van der Waals surface area contributed by atoms with Crippen molar-refractivity contribution in [3.63, 3.8) is 0 Å². The van der Waals surface area contributed by atoms with Gasteiger partial charge in [0.2, 0.25) is 5.91 Å². The van der Waals surface area contributed by atoms with E-state index in [2.05, 4.69) is 47.7 Å². The second-order valence-electron chi connectivity index (χ2n) is 6.59. The fourth-order valence-corrected chi connectivity index (χ4v) is 4.12. The highest BCUT2D eigenvalue weighted by molar-refractivity contribution is 8.00. The van der Waals surface area contributed by atoms with Crippen LogP contribution in [0.1, 0.15) is 45.1 Å². The average Bonchev–Trinajstić information content (AvgIpc) is 3.25. The first-order valence-electron chi connectivity index (χ1n) is 8.66. The Labute approximate surface area is 148 Å². The predicted octanol–water partition coefficient (Wildman–Crippen LogP) is 4.10. The molecule has 1 atom stereocenters. The van der Waals surface area contributed by atoms with Crippen molar-refractivity contribution in [3.05, 3.63) is 42.2 Å². The van der Waals surface area contributed by atoms with Gasteiger partial charge in [0.15, 0.2) is 5.16 Å². The molecule has 1 aliphatic rings. The number of rotatable bonds is 5. The largest absolute Gasteiger partial charge is 0.342 e. The van der Waals surface area contributed by atoms with Gasteiger partial charge in [-0.1, -0.05) is 43.8 Å². The molecule has 0 spiro atoms. The molecule has 0 radical (unpaired) electrons. The lowest BCUT2D eigenvalue weighted by Gasteiger charge is -2.20. The molecule has 3 rings (SSSR count). The number of aromatic nitrogens is 2. The second-order valence-corrected chi connectivity index (χ2v) is 7.89. The summed E-state index contributed by atoms with van der Waals surface area (Å²) in [4.78, 5) is 19.0. The first kappa shape index (κ1) is 17.1. The van der Waals surface area contributed by atoms with Gasteiger partial charge in [-0.05, 0) is 37.3 Å². The lowest BCUT2D eigenvalue weighted by molar-refractivity contribution is -0.129. The number of hydrogen-bond acceptors (Lipinski definition) is 3. The van der Waals surface area contributed by atoms with Crippen molar-refractivity contribution in [2.75, 3.05) is 13.1 Å². The van der Waals surface area contributed by atoms with Crippen LogP contribution >= 0.6 is 11.8 Å². The summed E-state index contributed by atoms with van der Waals surface area (Å²) >= 11 is 1.55. The van der Waals surface area contributed by atoms with E-state index in [1.54, 1.807) is 11.8 Å². The van der Waals surface area contributed by atoms with Crippen LogP contribution in [0.4, 0.5) is 0 Å². The number of carbonyl (C=O) groups excluding carboxylic acids is 1. The molecule has 0 saturated carbocycles. The molecule has 2 aromatic rings. The van der Waals surface area contributed by atoms with Gasteiger partial charge in [-0.25, -0.2) is 4.98 Å². The predicted molar refractivity (Wildman–Crippen MR) is 98.8 cm³/mol. The van der Waals surface area contributed by atoms with Crippen LogP contribution in [0.3, 0.4) is 0 Å². The minimum absolute atomic E-state index is 0.115. The summed E-state index contributed by atoms with van der Waals surface area (Å²) < 4.78 is 2.10. The maximum absolute atomic E-state index is 12.6. The van der Waals surface area contributed by atoms with Gasteiger partial charge in [-0.3, -0.25) is 9.36 Å². The van der Waals surface area contributed by atoms with Crippen LogP contribution in [-0.4, -0.2) is 38.7 Å². The fourth-order valence-electron chi connectivity index (χ4n) is 3.16. The number of para-hydroxylation sites is 1. The summed E-state index contributed by atoms with van der Waals surface area (Å²) in [5.41, 5.74) is 2.43. The molecule has 24 heavy (non-hydrogen) atoms. The normalized spacial score (nSPS) is 15.9. The van der Waals surface area contributed by atoms with E-state index in [1.165, 1.54) is 5.56 Å². The van der Waals surface area contributed by atoms with Crippen LogP contribution in [-0.2, 0) is 4.79 Å². The number of likely N-dealkylation sites (tertiary alicyclic amines) is 1. The van der Waals surface area contributed by atoms with Crippen molar-refractivity contribution < 1.29 is 4.79 Å². The third-order valence-electron chi connectivity index (χ3n) is 4.47. The van der Waals surface area contributed by atoms with Gasteiger partial charge in [0.25, 0.3) is 0 Å². The first-order chi connectivity index (χ1) is 11.6. The minimum Gasteiger partial charge on any atom is -0.342 e. The first-order valence-corrected chi connectivity index (χ1v) is 9.54. The molecule has 1 aromatic carbocycles. The molecular formula is C19H25N3OS. The van der Waals surface area contributed by atoms with Crippen LogP contribution in [0.2, 0.25) is 0 Å². The van der Waals surface area contributed by atoms with Crippen molar-refractivity contribution in [2.24, 2.45) is 0 Å². The quantitative estimate of drug-likeness (QED) is 0.767. The zero-order chi connectivity index (χ0) is 17.1. The summed E-state index contributed by atoms with van der Waals surface area (Å²) in [5, 5.41) is 0.763. The lowest BCUT2D eigenvalue weighted by Crippen LogP contribution is -2.34. The average molecular weight is 343 g/mol. The van der Waals surface area contributed by atoms with E-state index < -0.39 is 0 Å². The summed E-state index contributed by atoms with van der Waals surface area (Å²) in [7, 11) is 0. The van der Waals surface area contributed by atoms with Crippen molar-refractivity contribution in [2.45, 2.75) is 49.9 Å². The van der Waals surface area contributed by atoms with E-state index in [4.69, 9.17) is 0 Å². The van der Waals surface area contributed by atoms with Crippen molar-refractivity contribution in [3.8, 4) is 5.69 Å². The zero-order valence-electron chi connectivity index (χ0n) is 14.6. The van der Waals surface area contributed by atoms with E-state index in [1.807, 2.05) is 24.2 Å². The molecule has 1 aliphatic heterocycles. The van der Waals surface area contributed by atoms with Crippen LogP contribution in [0, 0.1) is 0 Å². The highest BCUT2D eigenvalue weighted by atomic mass is 32.2. The lowest BCUT2D eigenvalue weighted by atomic mass is 10.0. The standard InChI is InChI=1S/C19H25N3OS/c1-14(2)16-8-4-5-9-17(16)22-13-10-20-19(22)24-15(3)18(23)21-11-6-7-12-21/h4-5,8-10,13-15H,6-7,11-12H2,1-3H3. The monoisotopic (exact) mass is 343 g/mol. The Kier molecular flexibility index (Phi) is 5.29. The smallest absolute Gasteiger partial charge is 0.235 e. The van der Waals surface area contributed by atoms with Gasteiger partial charge < -0.3 is 4.90 Å². The molecule has 5 heteroatoms. The Bertz CT molecular complexity index is 704. The molecule has 4 nitrogen and oxygen atoms in total. The summed E-state index contributed by atoms with van der Waals surface area (Å²) in [6.07, 6.45) is 6.04. The number of amides is 1. The van der Waals surface area contributed by atoms with Crippen LogP contribution < -0.4 is 0 Å². The van der Waals surface area contributed by atoms with Gasteiger partial charge in [-0.15, -0.1) is 0 Å². The number of hydrogen-bond donors (Lipinski definition) is 0. The molecular weight excluding hydrogens is 318 g/mol. The van der Waals surface area contributed by atoms with Gasteiger partial charge in [-0.2, -0.15) is 0 Å². The van der Waals surface area contributed by atoms with Crippen LogP contribution in [0.25, 0.3) is 5.69 Å². The molecule has 0 bridgehead atoms. The molecule has 1 saturated heterocycles. The van der Waals surface area contributed by atoms with Crippen molar-refractivity contribution >= 4 is 17.7 Å². The minimum atomic E-state index is -0.115.